The Kier molecular flexibility index (Phi) is 4.73. The van der Waals surface area contributed by atoms with E-state index in [-0.39, 0.29) is 11.4 Å². The molecule has 0 amide bonds. The Morgan fingerprint density at radius 3 is 2.83 bits per heavy atom. The van der Waals surface area contributed by atoms with Crippen LogP contribution < -0.4 is 5.63 Å². The summed E-state index contributed by atoms with van der Waals surface area (Å²) >= 11 is 1.28. The number of azo groups is 1. The van der Waals surface area contributed by atoms with E-state index >= 15 is 0 Å². The van der Waals surface area contributed by atoms with Crippen molar-refractivity contribution >= 4 is 44.0 Å². The van der Waals surface area contributed by atoms with Gasteiger partial charge in [-0.2, -0.15) is 0 Å². The van der Waals surface area contributed by atoms with Crippen LogP contribution in [0, 0.1) is 6.92 Å². The maximum absolute atomic E-state index is 12.5. The second kappa shape index (κ2) is 7.61. The predicted molar refractivity (Wildman–Crippen MR) is 138 cm³/mol. The third kappa shape index (κ3) is 3.39. The molecule has 1 unspecified atom stereocenters. The fraction of sp³-hybridized carbons (Fsp3) is 0.259. The number of hydrogen-bond acceptors (Lipinski definition) is 7. The van der Waals surface area contributed by atoms with E-state index in [9.17, 15) is 9.90 Å². The summed E-state index contributed by atoms with van der Waals surface area (Å²) in [5.74, 6) is 0.480. The molecule has 1 aliphatic rings. The summed E-state index contributed by atoms with van der Waals surface area (Å²) in [4.78, 5) is 17.0. The van der Waals surface area contributed by atoms with E-state index in [1.165, 1.54) is 16.9 Å². The van der Waals surface area contributed by atoms with Gasteiger partial charge in [-0.15, -0.1) is 21.6 Å². The van der Waals surface area contributed by atoms with Gasteiger partial charge in [0, 0.05) is 21.7 Å². The molecule has 1 N–H and O–H groups in total. The standard InChI is InChI=1S/C27H24N4O3S/c1-14-9-17-15(2)12-27(3,4)31-23(17)19(10-14)22(24(31)32)29-30-26-28-20(13-35-26)18-11-16-7-5-6-8-21(16)34-25(18)33/h5-11,13,15,32H,12H2,1-4H3. The fourth-order valence-corrected chi connectivity index (χ4v) is 5.99. The minimum atomic E-state index is -0.448. The van der Waals surface area contributed by atoms with Crippen molar-refractivity contribution in [2.75, 3.05) is 0 Å². The largest absolute Gasteiger partial charge is 0.493 e. The van der Waals surface area contributed by atoms with E-state index in [0.717, 1.165) is 28.3 Å². The second-order valence-corrected chi connectivity index (χ2v) is 10.7. The first-order valence-corrected chi connectivity index (χ1v) is 12.4. The highest BCUT2D eigenvalue weighted by molar-refractivity contribution is 7.13. The van der Waals surface area contributed by atoms with Crippen molar-refractivity contribution in [3.05, 3.63) is 69.4 Å². The fourth-order valence-electron chi connectivity index (χ4n) is 5.35. The smallest absolute Gasteiger partial charge is 0.345 e. The number of aromatic nitrogens is 2. The lowest BCUT2D eigenvalue weighted by Gasteiger charge is -2.37. The summed E-state index contributed by atoms with van der Waals surface area (Å²) in [6, 6.07) is 13.4. The zero-order chi connectivity index (χ0) is 24.5. The van der Waals surface area contributed by atoms with Crippen molar-refractivity contribution in [3.63, 3.8) is 0 Å². The van der Waals surface area contributed by atoms with Gasteiger partial charge < -0.3 is 14.1 Å². The average Bonchev–Trinajstić information content (AvgIpc) is 3.38. The first-order chi connectivity index (χ1) is 16.7. The topological polar surface area (TPSA) is 93.0 Å². The normalized spacial score (nSPS) is 17.1. The maximum atomic E-state index is 12.5. The van der Waals surface area contributed by atoms with Gasteiger partial charge in [-0.25, -0.2) is 9.78 Å². The molecule has 35 heavy (non-hydrogen) atoms. The van der Waals surface area contributed by atoms with Crippen molar-refractivity contribution in [2.24, 2.45) is 10.2 Å². The highest BCUT2D eigenvalue weighted by Crippen LogP contribution is 2.51. The number of rotatable bonds is 3. The summed E-state index contributed by atoms with van der Waals surface area (Å²) in [5, 5.41) is 23.9. The SMILES string of the molecule is Cc1cc2c3c(c1)c(N=Nc1nc(-c4cc5ccccc5oc4=O)cs1)c(O)n3C(C)(C)CC2C. The number of nitrogens with zero attached hydrogens (tertiary/aromatic N) is 4. The highest BCUT2D eigenvalue weighted by atomic mass is 32.1. The lowest BCUT2D eigenvalue weighted by Crippen LogP contribution is -2.31. The first kappa shape index (κ1) is 21.7. The number of aryl methyl sites for hydroxylation is 1. The maximum Gasteiger partial charge on any atom is 0.345 e. The van der Waals surface area contributed by atoms with Gasteiger partial charge in [0.25, 0.3) is 0 Å². The van der Waals surface area contributed by atoms with Crippen LogP contribution in [0.4, 0.5) is 10.8 Å². The van der Waals surface area contributed by atoms with Crippen molar-refractivity contribution < 1.29 is 9.52 Å². The number of aromatic hydroxyl groups is 1. The molecule has 2 aromatic carbocycles. The van der Waals surface area contributed by atoms with Crippen LogP contribution in [-0.4, -0.2) is 14.7 Å². The molecule has 176 valence electrons. The van der Waals surface area contributed by atoms with Crippen molar-refractivity contribution in [2.45, 2.75) is 45.6 Å². The Hall–Kier alpha value is -3.78. The summed E-state index contributed by atoms with van der Waals surface area (Å²) < 4.78 is 7.43. The highest BCUT2D eigenvalue weighted by Gasteiger charge is 2.36. The van der Waals surface area contributed by atoms with Crippen LogP contribution >= 0.6 is 11.3 Å². The van der Waals surface area contributed by atoms with E-state index in [1.807, 2.05) is 28.8 Å². The van der Waals surface area contributed by atoms with Crippen LogP contribution in [0.3, 0.4) is 0 Å². The van der Waals surface area contributed by atoms with E-state index in [4.69, 9.17) is 4.42 Å². The summed E-state index contributed by atoms with van der Waals surface area (Å²) in [7, 11) is 0. The summed E-state index contributed by atoms with van der Waals surface area (Å²) in [6.07, 6.45) is 0.918. The van der Waals surface area contributed by atoms with Crippen LogP contribution in [0.25, 0.3) is 33.1 Å². The quantitative estimate of drug-likeness (QED) is 0.211. The molecule has 4 heterocycles. The zero-order valence-corrected chi connectivity index (χ0v) is 20.7. The lowest BCUT2D eigenvalue weighted by atomic mass is 9.82. The molecule has 6 rings (SSSR count). The second-order valence-electron chi connectivity index (χ2n) is 9.88. The monoisotopic (exact) mass is 484 g/mol. The Bertz CT molecular complexity index is 1720. The molecule has 0 spiro atoms. The zero-order valence-electron chi connectivity index (χ0n) is 19.9. The van der Waals surface area contributed by atoms with E-state index < -0.39 is 5.63 Å². The van der Waals surface area contributed by atoms with Crippen LogP contribution in [0.1, 0.15) is 44.2 Å². The molecule has 0 radical (unpaired) electrons. The minimum absolute atomic E-state index is 0.111. The lowest BCUT2D eigenvalue weighted by molar-refractivity contribution is 0.267. The van der Waals surface area contributed by atoms with Crippen molar-refractivity contribution in [1.29, 1.82) is 0 Å². The molecule has 0 aliphatic carbocycles. The van der Waals surface area contributed by atoms with E-state index in [1.54, 1.807) is 17.5 Å². The molecule has 7 nitrogen and oxygen atoms in total. The van der Waals surface area contributed by atoms with Gasteiger partial charge in [0.15, 0.2) is 5.69 Å². The predicted octanol–water partition coefficient (Wildman–Crippen LogP) is 7.54. The van der Waals surface area contributed by atoms with E-state index in [2.05, 4.69) is 49.0 Å². The van der Waals surface area contributed by atoms with Gasteiger partial charge in [0.2, 0.25) is 11.0 Å². The minimum Gasteiger partial charge on any atom is -0.493 e. The molecule has 0 bridgehead atoms. The molecule has 0 saturated heterocycles. The molecule has 5 aromatic rings. The van der Waals surface area contributed by atoms with Crippen molar-refractivity contribution in [1.82, 2.24) is 9.55 Å². The van der Waals surface area contributed by atoms with Crippen LogP contribution in [0.2, 0.25) is 0 Å². The Balaban J connectivity index is 1.43. The average molecular weight is 485 g/mol. The molecular weight excluding hydrogens is 460 g/mol. The van der Waals surface area contributed by atoms with Gasteiger partial charge in [-0.3, -0.25) is 0 Å². The third-order valence-corrected chi connectivity index (χ3v) is 7.50. The number of fused-ring (bicyclic) bond motifs is 1. The summed E-state index contributed by atoms with van der Waals surface area (Å²) in [5.41, 5.74) is 4.49. The Morgan fingerprint density at radius 2 is 2.00 bits per heavy atom. The number of thiazole rings is 1. The molecule has 1 atom stereocenters. The molecular formula is C27H24N4O3S. The van der Waals surface area contributed by atoms with Gasteiger partial charge in [0.1, 0.15) is 5.58 Å². The first-order valence-electron chi connectivity index (χ1n) is 11.5. The van der Waals surface area contributed by atoms with Crippen LogP contribution in [-0.2, 0) is 5.54 Å². The van der Waals surface area contributed by atoms with Gasteiger partial charge in [-0.05, 0) is 56.9 Å². The summed E-state index contributed by atoms with van der Waals surface area (Å²) in [6.45, 7) is 8.55. The molecule has 1 aliphatic heterocycles. The number of hydrogen-bond donors (Lipinski definition) is 1. The van der Waals surface area contributed by atoms with Gasteiger partial charge in [-0.1, -0.05) is 36.8 Å². The van der Waals surface area contributed by atoms with Crippen molar-refractivity contribution in [3.8, 4) is 17.1 Å². The number of benzene rings is 2. The molecule has 3 aromatic heterocycles. The number of para-hydroxylation sites is 1. The third-order valence-electron chi connectivity index (χ3n) is 6.77. The molecule has 0 fully saturated rings. The Labute approximate surface area is 205 Å². The van der Waals surface area contributed by atoms with Crippen LogP contribution in [0.5, 0.6) is 5.88 Å². The Morgan fingerprint density at radius 1 is 1.20 bits per heavy atom. The van der Waals surface area contributed by atoms with E-state index in [0.29, 0.717) is 33.6 Å². The van der Waals surface area contributed by atoms with Gasteiger partial charge >= 0.3 is 5.63 Å². The van der Waals surface area contributed by atoms with Gasteiger partial charge in [0.05, 0.1) is 16.8 Å². The molecule has 8 heteroatoms. The molecule has 0 saturated carbocycles. The van der Waals surface area contributed by atoms with Crippen LogP contribution in [0.15, 0.2) is 67.3 Å².